The molecule has 0 aromatic heterocycles. The van der Waals surface area contributed by atoms with Crippen LogP contribution in [0.1, 0.15) is 38.5 Å². The summed E-state index contributed by atoms with van der Waals surface area (Å²) in [6.45, 7) is 0.0710. The SMILES string of the molecule is NC1CCCCC1C(=O)NCCCC(F)(F)F. The van der Waals surface area contributed by atoms with E-state index in [1.54, 1.807) is 0 Å². The zero-order chi connectivity index (χ0) is 12.9. The van der Waals surface area contributed by atoms with Crippen molar-refractivity contribution in [3.63, 3.8) is 0 Å². The third kappa shape index (κ3) is 5.39. The molecular weight excluding hydrogens is 233 g/mol. The van der Waals surface area contributed by atoms with Gasteiger partial charge in [0, 0.05) is 19.0 Å². The molecule has 0 radical (unpaired) electrons. The predicted molar refractivity (Wildman–Crippen MR) is 58.2 cm³/mol. The highest BCUT2D eigenvalue weighted by Gasteiger charge is 2.29. The normalized spacial score (nSPS) is 25.6. The van der Waals surface area contributed by atoms with Crippen molar-refractivity contribution in [2.75, 3.05) is 6.54 Å². The second-order valence-corrected chi connectivity index (χ2v) is 4.56. The molecule has 17 heavy (non-hydrogen) atoms. The highest BCUT2D eigenvalue weighted by atomic mass is 19.4. The first kappa shape index (κ1) is 14.3. The van der Waals surface area contributed by atoms with Crippen LogP contribution < -0.4 is 11.1 Å². The van der Waals surface area contributed by atoms with Gasteiger partial charge in [0.25, 0.3) is 0 Å². The third-order valence-electron chi connectivity index (χ3n) is 3.09. The number of alkyl halides is 3. The fourth-order valence-corrected chi connectivity index (χ4v) is 2.12. The van der Waals surface area contributed by atoms with Gasteiger partial charge in [0.2, 0.25) is 5.91 Å². The van der Waals surface area contributed by atoms with E-state index in [0.29, 0.717) is 0 Å². The lowest BCUT2D eigenvalue weighted by atomic mass is 9.84. The lowest BCUT2D eigenvalue weighted by Crippen LogP contribution is -2.44. The first-order valence-electron chi connectivity index (χ1n) is 6.00. The number of hydrogen-bond donors (Lipinski definition) is 2. The highest BCUT2D eigenvalue weighted by molar-refractivity contribution is 5.79. The standard InChI is InChI=1S/C11H19F3N2O/c12-11(13,14)6-3-7-16-10(17)8-4-1-2-5-9(8)15/h8-9H,1-7,15H2,(H,16,17). The molecule has 3 nitrogen and oxygen atoms in total. The van der Waals surface area contributed by atoms with Crippen molar-refractivity contribution >= 4 is 5.91 Å². The summed E-state index contributed by atoms with van der Waals surface area (Å²) < 4.78 is 35.6. The molecule has 0 bridgehead atoms. The lowest BCUT2D eigenvalue weighted by molar-refractivity contribution is -0.136. The van der Waals surface area contributed by atoms with Crippen molar-refractivity contribution in [2.45, 2.75) is 50.7 Å². The van der Waals surface area contributed by atoms with Gasteiger partial charge in [-0.25, -0.2) is 0 Å². The largest absolute Gasteiger partial charge is 0.389 e. The Morgan fingerprint density at radius 2 is 1.94 bits per heavy atom. The number of nitrogens with one attached hydrogen (secondary N) is 1. The molecule has 0 aliphatic heterocycles. The van der Waals surface area contributed by atoms with Gasteiger partial charge < -0.3 is 11.1 Å². The van der Waals surface area contributed by atoms with Crippen LogP contribution in [0.5, 0.6) is 0 Å². The van der Waals surface area contributed by atoms with E-state index < -0.39 is 12.6 Å². The summed E-state index contributed by atoms with van der Waals surface area (Å²) in [7, 11) is 0. The molecule has 0 aromatic carbocycles. The molecular formula is C11H19F3N2O. The van der Waals surface area contributed by atoms with Crippen LogP contribution in [0.25, 0.3) is 0 Å². The highest BCUT2D eigenvalue weighted by Crippen LogP contribution is 2.23. The summed E-state index contributed by atoms with van der Waals surface area (Å²) in [6.07, 6.45) is -1.52. The predicted octanol–water partition coefficient (Wildman–Crippen LogP) is 1.96. The molecule has 1 amide bonds. The number of carbonyl (C=O) groups excluding carboxylic acids is 1. The topological polar surface area (TPSA) is 55.1 Å². The Bertz CT molecular complexity index is 256. The van der Waals surface area contributed by atoms with Crippen LogP contribution >= 0.6 is 0 Å². The van der Waals surface area contributed by atoms with E-state index >= 15 is 0 Å². The Morgan fingerprint density at radius 1 is 1.29 bits per heavy atom. The Morgan fingerprint density at radius 3 is 2.53 bits per heavy atom. The molecule has 0 heterocycles. The monoisotopic (exact) mass is 252 g/mol. The van der Waals surface area contributed by atoms with E-state index in [-0.39, 0.29) is 30.8 Å². The van der Waals surface area contributed by atoms with Crippen molar-refractivity contribution in [2.24, 2.45) is 11.7 Å². The second kappa shape index (κ2) is 6.23. The number of hydrogen-bond acceptors (Lipinski definition) is 2. The zero-order valence-corrected chi connectivity index (χ0v) is 9.72. The van der Waals surface area contributed by atoms with Crippen molar-refractivity contribution in [1.82, 2.24) is 5.32 Å². The second-order valence-electron chi connectivity index (χ2n) is 4.56. The molecule has 2 unspecified atom stereocenters. The Balaban J connectivity index is 2.20. The van der Waals surface area contributed by atoms with Gasteiger partial charge in [0.15, 0.2) is 0 Å². The van der Waals surface area contributed by atoms with Gasteiger partial charge in [0.05, 0.1) is 5.92 Å². The van der Waals surface area contributed by atoms with E-state index in [1.807, 2.05) is 0 Å². The summed E-state index contributed by atoms with van der Waals surface area (Å²) in [5.41, 5.74) is 5.81. The number of nitrogens with two attached hydrogens (primary N) is 1. The van der Waals surface area contributed by atoms with Gasteiger partial charge >= 0.3 is 6.18 Å². The van der Waals surface area contributed by atoms with E-state index in [4.69, 9.17) is 5.73 Å². The first-order valence-corrected chi connectivity index (χ1v) is 6.00. The average Bonchev–Trinajstić information content (AvgIpc) is 2.23. The first-order chi connectivity index (χ1) is 7.90. The molecule has 100 valence electrons. The molecule has 1 saturated carbocycles. The lowest BCUT2D eigenvalue weighted by Gasteiger charge is -2.27. The molecule has 3 N–H and O–H groups in total. The van der Waals surface area contributed by atoms with Crippen molar-refractivity contribution < 1.29 is 18.0 Å². The van der Waals surface area contributed by atoms with Gasteiger partial charge in [0.1, 0.15) is 0 Å². The van der Waals surface area contributed by atoms with Crippen molar-refractivity contribution in [3.8, 4) is 0 Å². The summed E-state index contributed by atoms with van der Waals surface area (Å²) in [6, 6.07) is -0.147. The van der Waals surface area contributed by atoms with Crippen molar-refractivity contribution in [3.05, 3.63) is 0 Å². The van der Waals surface area contributed by atoms with Crippen LogP contribution in [0.4, 0.5) is 13.2 Å². The summed E-state index contributed by atoms with van der Waals surface area (Å²) >= 11 is 0. The molecule has 1 rings (SSSR count). The summed E-state index contributed by atoms with van der Waals surface area (Å²) in [4.78, 5) is 11.7. The average molecular weight is 252 g/mol. The van der Waals surface area contributed by atoms with Crippen LogP contribution in [0.3, 0.4) is 0 Å². The van der Waals surface area contributed by atoms with Gasteiger partial charge in [-0.3, -0.25) is 4.79 Å². The molecule has 0 aromatic rings. The molecule has 2 atom stereocenters. The quantitative estimate of drug-likeness (QED) is 0.751. The molecule has 1 fully saturated rings. The van der Waals surface area contributed by atoms with Gasteiger partial charge in [-0.05, 0) is 19.3 Å². The van der Waals surface area contributed by atoms with E-state index in [2.05, 4.69) is 5.32 Å². The number of amides is 1. The summed E-state index contributed by atoms with van der Waals surface area (Å²) in [5.74, 6) is -0.422. The Hall–Kier alpha value is -0.780. The number of halogens is 3. The van der Waals surface area contributed by atoms with Crippen molar-refractivity contribution in [1.29, 1.82) is 0 Å². The Kier molecular flexibility index (Phi) is 5.24. The smallest absolute Gasteiger partial charge is 0.356 e. The molecule has 6 heteroatoms. The molecule has 0 spiro atoms. The van der Waals surface area contributed by atoms with E-state index in [0.717, 1.165) is 25.7 Å². The minimum atomic E-state index is -4.15. The fourth-order valence-electron chi connectivity index (χ4n) is 2.12. The van der Waals surface area contributed by atoms with Gasteiger partial charge in [-0.15, -0.1) is 0 Å². The maximum Gasteiger partial charge on any atom is 0.389 e. The van der Waals surface area contributed by atoms with Crippen LogP contribution in [0.15, 0.2) is 0 Å². The third-order valence-corrected chi connectivity index (χ3v) is 3.09. The van der Waals surface area contributed by atoms with Crippen LogP contribution in [0, 0.1) is 5.92 Å². The van der Waals surface area contributed by atoms with Gasteiger partial charge in [-0.2, -0.15) is 13.2 Å². The fraction of sp³-hybridized carbons (Fsp3) is 0.909. The number of carbonyl (C=O) groups is 1. The van der Waals surface area contributed by atoms with Crippen LogP contribution in [-0.4, -0.2) is 24.7 Å². The number of rotatable bonds is 4. The van der Waals surface area contributed by atoms with Crippen LogP contribution in [0.2, 0.25) is 0 Å². The zero-order valence-electron chi connectivity index (χ0n) is 9.72. The molecule has 1 aliphatic rings. The maximum absolute atomic E-state index is 11.9. The van der Waals surface area contributed by atoms with Crippen LogP contribution in [-0.2, 0) is 4.79 Å². The van der Waals surface area contributed by atoms with E-state index in [1.165, 1.54) is 0 Å². The van der Waals surface area contributed by atoms with E-state index in [9.17, 15) is 18.0 Å². The molecule has 0 saturated heterocycles. The summed E-state index contributed by atoms with van der Waals surface area (Å²) in [5, 5.41) is 2.54. The minimum absolute atomic E-state index is 0.0710. The molecule has 1 aliphatic carbocycles. The Labute approximate surface area is 98.9 Å². The van der Waals surface area contributed by atoms with Gasteiger partial charge in [-0.1, -0.05) is 12.8 Å². The maximum atomic E-state index is 11.9. The minimum Gasteiger partial charge on any atom is -0.356 e.